The molecule has 7 rings (SSSR count). The van der Waals surface area contributed by atoms with Gasteiger partial charge in [0.05, 0.1) is 69.0 Å². The van der Waals surface area contributed by atoms with E-state index in [2.05, 4.69) is 69.0 Å². The Morgan fingerprint density at radius 3 is 1.13 bits per heavy atom. The molecule has 2 heterocycles. The van der Waals surface area contributed by atoms with Crippen LogP contribution in [0.25, 0.3) is 0 Å². The zero-order valence-corrected chi connectivity index (χ0v) is 38.8. The van der Waals surface area contributed by atoms with Crippen LogP contribution in [0.4, 0.5) is 0 Å². The normalized spacial score (nSPS) is 19.3. The Kier molecular flexibility index (Phi) is 14.6. The fourth-order valence-corrected chi connectivity index (χ4v) is 10.1. The van der Waals surface area contributed by atoms with Gasteiger partial charge in [0.1, 0.15) is 0 Å². The van der Waals surface area contributed by atoms with Crippen molar-refractivity contribution in [1.29, 1.82) is 0 Å². The molecule has 4 aromatic carbocycles. The average Bonchev–Trinajstić information content (AvgIpc) is 3.31. The minimum absolute atomic E-state index is 0.0327. The van der Waals surface area contributed by atoms with E-state index >= 15 is 0 Å². The molecule has 0 bridgehead atoms. The lowest BCUT2D eigenvalue weighted by Gasteiger charge is -2.42. The average molecular weight is 885 g/mol. The molecule has 2 atom stereocenters. The molecule has 0 spiro atoms. The SMILES string of the molecule is COc1ccc(CC2c3cc(OC)c(OC)cc3CCN2C(=S)NC2CCC(NC(=S)N3CCc4cc(OC)c(OC)cc4C3Cc3ccc(OC)c(OC)c3)CC2)cc1OC. The Labute approximate surface area is 377 Å². The van der Waals surface area contributed by atoms with Gasteiger partial charge < -0.3 is 58.3 Å². The Hall–Kier alpha value is -5.34. The van der Waals surface area contributed by atoms with Crippen LogP contribution in [0.5, 0.6) is 46.0 Å². The van der Waals surface area contributed by atoms with Crippen molar-refractivity contribution in [3.8, 4) is 46.0 Å². The molecular weight excluding hydrogens is 825 g/mol. The molecule has 0 aromatic heterocycles. The smallest absolute Gasteiger partial charge is 0.169 e. The molecule has 1 fully saturated rings. The number of benzene rings is 4. The Balaban J connectivity index is 1.04. The molecule has 3 aliphatic rings. The highest BCUT2D eigenvalue weighted by molar-refractivity contribution is 7.80. The first-order chi connectivity index (χ1) is 30.1. The van der Waals surface area contributed by atoms with Gasteiger partial charge in [-0.05, 0) is 158 Å². The number of thiocarbonyl (C=S) groups is 2. The molecule has 12 nitrogen and oxygen atoms in total. The first kappa shape index (κ1) is 44.7. The van der Waals surface area contributed by atoms with Crippen molar-refractivity contribution in [3.05, 3.63) is 94.0 Å². The van der Waals surface area contributed by atoms with Crippen LogP contribution in [0, 0.1) is 0 Å². The minimum atomic E-state index is -0.0327. The maximum atomic E-state index is 6.26. The van der Waals surface area contributed by atoms with E-state index in [4.69, 9.17) is 62.3 Å². The van der Waals surface area contributed by atoms with Crippen molar-refractivity contribution < 1.29 is 37.9 Å². The molecule has 1 aliphatic carbocycles. The number of hydrogen-bond acceptors (Lipinski definition) is 10. The van der Waals surface area contributed by atoms with E-state index in [9.17, 15) is 0 Å². The minimum Gasteiger partial charge on any atom is -0.493 e. The first-order valence-electron chi connectivity index (χ1n) is 21.2. The Morgan fingerprint density at radius 2 is 0.790 bits per heavy atom. The van der Waals surface area contributed by atoms with Gasteiger partial charge in [0.15, 0.2) is 56.2 Å². The summed E-state index contributed by atoms with van der Waals surface area (Å²) in [6.07, 6.45) is 6.96. The van der Waals surface area contributed by atoms with E-state index in [0.29, 0.717) is 47.3 Å². The summed E-state index contributed by atoms with van der Waals surface area (Å²) in [7, 11) is 13.4. The molecule has 2 aliphatic heterocycles. The fourth-order valence-electron chi connectivity index (χ4n) is 9.34. The third kappa shape index (κ3) is 9.51. The number of nitrogens with zero attached hydrogens (tertiary/aromatic N) is 2. The lowest BCUT2D eigenvalue weighted by Crippen LogP contribution is -2.52. The number of ether oxygens (including phenoxy) is 8. The van der Waals surface area contributed by atoms with E-state index in [1.807, 2.05) is 12.1 Å². The highest BCUT2D eigenvalue weighted by Crippen LogP contribution is 2.43. The maximum absolute atomic E-state index is 6.26. The molecule has 332 valence electrons. The predicted molar refractivity (Wildman–Crippen MR) is 249 cm³/mol. The summed E-state index contributed by atoms with van der Waals surface area (Å²) >= 11 is 12.5. The van der Waals surface area contributed by atoms with Gasteiger partial charge >= 0.3 is 0 Å². The van der Waals surface area contributed by atoms with Crippen molar-refractivity contribution in [2.75, 3.05) is 70.0 Å². The van der Waals surface area contributed by atoms with Crippen LogP contribution in [0.15, 0.2) is 60.7 Å². The third-order valence-electron chi connectivity index (χ3n) is 12.7. The van der Waals surface area contributed by atoms with Gasteiger partial charge in [-0.2, -0.15) is 0 Å². The van der Waals surface area contributed by atoms with Crippen molar-refractivity contribution >= 4 is 34.7 Å². The molecule has 4 aromatic rings. The highest BCUT2D eigenvalue weighted by atomic mass is 32.1. The number of nitrogens with one attached hydrogen (secondary N) is 2. The van der Waals surface area contributed by atoms with Gasteiger partial charge in [0, 0.05) is 25.2 Å². The van der Waals surface area contributed by atoms with E-state index in [0.717, 1.165) is 84.5 Å². The highest BCUT2D eigenvalue weighted by Gasteiger charge is 2.35. The third-order valence-corrected chi connectivity index (χ3v) is 13.4. The van der Waals surface area contributed by atoms with Gasteiger partial charge in [-0.1, -0.05) is 12.1 Å². The number of methoxy groups -OCH3 is 8. The van der Waals surface area contributed by atoms with Gasteiger partial charge in [0.2, 0.25) is 0 Å². The monoisotopic (exact) mass is 884 g/mol. The largest absolute Gasteiger partial charge is 0.493 e. The fraction of sp³-hybridized carbons (Fsp3) is 0.458. The van der Waals surface area contributed by atoms with Crippen LogP contribution in [0.2, 0.25) is 0 Å². The first-order valence-corrected chi connectivity index (χ1v) is 22.0. The topological polar surface area (TPSA) is 104 Å². The van der Waals surface area contributed by atoms with Gasteiger partial charge in [-0.3, -0.25) is 0 Å². The van der Waals surface area contributed by atoms with E-state index in [1.165, 1.54) is 22.3 Å². The van der Waals surface area contributed by atoms with Crippen LogP contribution in [0.1, 0.15) is 71.1 Å². The summed E-state index contributed by atoms with van der Waals surface area (Å²) in [6, 6.07) is 21.1. The number of hydrogen-bond donors (Lipinski definition) is 2. The predicted octanol–water partition coefficient (Wildman–Crippen LogP) is 7.80. The van der Waals surface area contributed by atoms with Gasteiger partial charge in [-0.15, -0.1) is 0 Å². The second-order valence-corrected chi connectivity index (χ2v) is 16.7. The van der Waals surface area contributed by atoms with E-state index in [1.54, 1.807) is 56.9 Å². The molecular formula is C48H60N4O8S2. The summed E-state index contributed by atoms with van der Waals surface area (Å²) in [4.78, 5) is 4.69. The summed E-state index contributed by atoms with van der Waals surface area (Å²) < 4.78 is 45.4. The zero-order valence-electron chi connectivity index (χ0n) is 37.1. The summed E-state index contributed by atoms with van der Waals surface area (Å²) in [5.41, 5.74) is 7.06. The lowest BCUT2D eigenvalue weighted by molar-refractivity contribution is 0.268. The van der Waals surface area contributed by atoms with Crippen LogP contribution >= 0.6 is 24.4 Å². The van der Waals surface area contributed by atoms with Crippen molar-refractivity contribution in [3.63, 3.8) is 0 Å². The van der Waals surface area contributed by atoms with E-state index in [-0.39, 0.29) is 24.2 Å². The summed E-state index contributed by atoms with van der Waals surface area (Å²) in [5.74, 6) is 5.66. The number of fused-ring (bicyclic) bond motifs is 2. The lowest BCUT2D eigenvalue weighted by atomic mass is 9.87. The molecule has 0 saturated heterocycles. The zero-order chi connectivity index (χ0) is 43.9. The second kappa shape index (κ2) is 20.2. The maximum Gasteiger partial charge on any atom is 0.169 e. The van der Waals surface area contributed by atoms with Crippen molar-refractivity contribution in [2.24, 2.45) is 0 Å². The Bertz CT molecular complexity index is 2080. The molecule has 0 amide bonds. The van der Waals surface area contributed by atoms with Gasteiger partial charge in [0.25, 0.3) is 0 Å². The van der Waals surface area contributed by atoms with Crippen LogP contribution in [-0.2, 0) is 25.7 Å². The second-order valence-electron chi connectivity index (χ2n) is 16.0. The van der Waals surface area contributed by atoms with Crippen LogP contribution < -0.4 is 48.5 Å². The molecule has 14 heteroatoms. The van der Waals surface area contributed by atoms with Crippen molar-refractivity contribution in [1.82, 2.24) is 20.4 Å². The quantitative estimate of drug-likeness (QED) is 0.120. The molecule has 0 radical (unpaired) electrons. The molecule has 1 saturated carbocycles. The summed E-state index contributed by atoms with van der Waals surface area (Å²) in [5, 5.41) is 9.11. The van der Waals surface area contributed by atoms with Crippen LogP contribution in [-0.4, -0.2) is 102 Å². The molecule has 2 N–H and O–H groups in total. The standard InChI is InChI=1S/C48H60N4O8S2/c1-53-39-15-9-29(23-41(39)55-3)21-37-35-27-45(59-7)43(57-5)25-31(35)17-19-51(37)47(61)49-33-11-13-34(14-12-33)50-48(62)52-20-18-32-26-44(58-6)46(60-8)28-36(32)38(52)22-30-10-16-40(54-2)42(24-30)56-4/h9-10,15-16,23-28,33-34,37-38H,11-14,17-22H2,1-8H3,(H,49,61)(H,50,62). The molecule has 2 unspecified atom stereocenters. The van der Waals surface area contributed by atoms with Crippen molar-refractivity contribution in [2.45, 2.75) is 75.5 Å². The van der Waals surface area contributed by atoms with Crippen LogP contribution in [0.3, 0.4) is 0 Å². The van der Waals surface area contributed by atoms with Gasteiger partial charge in [-0.25, -0.2) is 0 Å². The Morgan fingerprint density at radius 1 is 0.468 bits per heavy atom. The number of rotatable bonds is 14. The molecule has 62 heavy (non-hydrogen) atoms. The van der Waals surface area contributed by atoms with E-state index < -0.39 is 0 Å². The summed E-state index contributed by atoms with van der Waals surface area (Å²) in [6.45, 7) is 1.55.